The van der Waals surface area contributed by atoms with E-state index in [2.05, 4.69) is 15.2 Å². The second-order valence-corrected chi connectivity index (χ2v) is 4.10. The molecule has 0 atom stereocenters. The Morgan fingerprint density at radius 3 is 3.07 bits per heavy atom. The molecule has 4 nitrogen and oxygen atoms in total. The third-order valence-electron chi connectivity index (χ3n) is 1.79. The summed E-state index contributed by atoms with van der Waals surface area (Å²) in [5.74, 6) is 1.16. The average Bonchev–Trinajstić information content (AvgIpc) is 2.76. The van der Waals surface area contributed by atoms with Gasteiger partial charge in [-0.25, -0.2) is 4.98 Å². The molecule has 14 heavy (non-hydrogen) atoms. The lowest BCUT2D eigenvalue weighted by atomic mass is 10.5. The largest absolute Gasteiger partial charge is 0.310 e. The van der Waals surface area contributed by atoms with Crippen LogP contribution in [0.15, 0.2) is 11.7 Å². The van der Waals surface area contributed by atoms with Crippen LogP contribution in [0, 0.1) is 6.92 Å². The van der Waals surface area contributed by atoms with E-state index in [1.165, 1.54) is 0 Å². The van der Waals surface area contributed by atoms with E-state index < -0.39 is 0 Å². The van der Waals surface area contributed by atoms with Gasteiger partial charge in [-0.2, -0.15) is 0 Å². The molecule has 74 valence electrons. The first kappa shape index (κ1) is 9.61. The van der Waals surface area contributed by atoms with E-state index in [1.54, 1.807) is 17.7 Å². The Morgan fingerprint density at radius 2 is 2.43 bits per heavy atom. The smallest absolute Gasteiger partial charge is 0.148 e. The molecule has 2 heterocycles. The van der Waals surface area contributed by atoms with Gasteiger partial charge in [0.15, 0.2) is 0 Å². The van der Waals surface area contributed by atoms with Gasteiger partial charge in [-0.1, -0.05) is 0 Å². The van der Waals surface area contributed by atoms with Gasteiger partial charge in [0.05, 0.1) is 12.4 Å². The average molecular weight is 229 g/mol. The van der Waals surface area contributed by atoms with E-state index >= 15 is 0 Å². The minimum Gasteiger partial charge on any atom is -0.310 e. The number of aryl methyl sites for hydroxylation is 1. The molecule has 0 saturated heterocycles. The van der Waals surface area contributed by atoms with Gasteiger partial charge in [0.25, 0.3) is 0 Å². The molecular weight excluding hydrogens is 220 g/mol. The fraction of sp³-hybridized carbons (Fsp3) is 0.375. The second-order valence-electron chi connectivity index (χ2n) is 2.89. The van der Waals surface area contributed by atoms with Crippen molar-refractivity contribution < 1.29 is 0 Å². The Labute approximate surface area is 90.6 Å². The predicted octanol–water partition coefficient (Wildman–Crippen LogP) is 1.83. The Balaban J connectivity index is 2.18. The normalized spacial score (nSPS) is 10.7. The third-order valence-corrected chi connectivity index (χ3v) is 2.98. The summed E-state index contributed by atoms with van der Waals surface area (Å²) in [7, 11) is 0. The molecule has 2 aromatic rings. The fourth-order valence-electron chi connectivity index (χ4n) is 1.14. The summed E-state index contributed by atoms with van der Waals surface area (Å²) in [6.07, 6.45) is 1.68. The molecule has 0 aromatic carbocycles. The predicted molar refractivity (Wildman–Crippen MR) is 55.5 cm³/mol. The lowest BCUT2D eigenvalue weighted by Gasteiger charge is -2.00. The standard InChI is InChI=1S/C8H9ClN4S/c1-6-4-14-8(11-6)3-13-5-10-12-7(13)2-9/h4-5H,2-3H2,1H3. The number of hydrogen-bond acceptors (Lipinski definition) is 4. The molecular formula is C8H9ClN4S. The monoisotopic (exact) mass is 228 g/mol. The Hall–Kier alpha value is -0.940. The van der Waals surface area contributed by atoms with E-state index in [0.29, 0.717) is 12.4 Å². The quantitative estimate of drug-likeness (QED) is 0.753. The van der Waals surface area contributed by atoms with Gasteiger partial charge >= 0.3 is 0 Å². The first-order chi connectivity index (χ1) is 6.79. The molecule has 0 N–H and O–H groups in total. The third kappa shape index (κ3) is 1.93. The summed E-state index contributed by atoms with van der Waals surface area (Å²) in [5.41, 5.74) is 1.05. The van der Waals surface area contributed by atoms with Gasteiger partial charge in [-0.15, -0.1) is 33.1 Å². The molecule has 0 fully saturated rings. The van der Waals surface area contributed by atoms with E-state index in [1.807, 2.05) is 16.9 Å². The van der Waals surface area contributed by atoms with Gasteiger partial charge in [0.1, 0.15) is 17.2 Å². The molecule has 0 aliphatic rings. The summed E-state index contributed by atoms with van der Waals surface area (Å²) in [6.45, 7) is 2.68. The molecule has 2 rings (SSSR count). The lowest BCUT2D eigenvalue weighted by molar-refractivity contribution is 0.748. The van der Waals surface area contributed by atoms with E-state index in [0.717, 1.165) is 16.5 Å². The lowest BCUT2D eigenvalue weighted by Crippen LogP contribution is -2.02. The number of nitrogens with zero attached hydrogens (tertiary/aromatic N) is 4. The van der Waals surface area contributed by atoms with Crippen molar-refractivity contribution in [3.63, 3.8) is 0 Å². The number of alkyl halides is 1. The highest BCUT2D eigenvalue weighted by Gasteiger charge is 2.05. The van der Waals surface area contributed by atoms with Crippen LogP contribution in [0.5, 0.6) is 0 Å². The second kappa shape index (κ2) is 4.06. The highest BCUT2D eigenvalue weighted by atomic mass is 35.5. The van der Waals surface area contributed by atoms with Crippen LogP contribution < -0.4 is 0 Å². The highest BCUT2D eigenvalue weighted by Crippen LogP contribution is 2.11. The zero-order valence-corrected chi connectivity index (χ0v) is 9.22. The van der Waals surface area contributed by atoms with Crippen molar-refractivity contribution in [1.29, 1.82) is 0 Å². The highest BCUT2D eigenvalue weighted by molar-refractivity contribution is 7.09. The topological polar surface area (TPSA) is 43.6 Å². The maximum absolute atomic E-state index is 5.70. The molecule has 0 amide bonds. The van der Waals surface area contributed by atoms with Gasteiger partial charge < -0.3 is 4.57 Å². The van der Waals surface area contributed by atoms with Crippen LogP contribution in [0.25, 0.3) is 0 Å². The fourth-order valence-corrected chi connectivity index (χ4v) is 2.11. The number of thiazole rings is 1. The van der Waals surface area contributed by atoms with E-state index in [-0.39, 0.29) is 0 Å². The zero-order valence-electron chi connectivity index (χ0n) is 7.64. The Bertz CT molecular complexity index is 422. The van der Waals surface area contributed by atoms with E-state index in [4.69, 9.17) is 11.6 Å². The SMILES string of the molecule is Cc1csc(Cn2cnnc2CCl)n1. The molecule has 0 radical (unpaired) electrons. The first-order valence-electron chi connectivity index (χ1n) is 4.13. The number of rotatable bonds is 3. The molecule has 0 spiro atoms. The summed E-state index contributed by atoms with van der Waals surface area (Å²) >= 11 is 7.34. The van der Waals surface area contributed by atoms with Gasteiger partial charge in [-0.3, -0.25) is 0 Å². The molecule has 0 unspecified atom stereocenters. The van der Waals surface area contributed by atoms with Crippen LogP contribution in [-0.4, -0.2) is 19.7 Å². The van der Waals surface area contributed by atoms with Crippen molar-refractivity contribution >= 4 is 22.9 Å². The maximum Gasteiger partial charge on any atom is 0.148 e. The molecule has 6 heteroatoms. The summed E-state index contributed by atoms with van der Waals surface area (Å²) in [4.78, 5) is 4.36. The number of hydrogen-bond donors (Lipinski definition) is 0. The summed E-state index contributed by atoms with van der Waals surface area (Å²) in [6, 6.07) is 0. The van der Waals surface area contributed by atoms with Crippen molar-refractivity contribution in [1.82, 2.24) is 19.7 Å². The van der Waals surface area contributed by atoms with Crippen molar-refractivity contribution in [2.45, 2.75) is 19.3 Å². The number of aromatic nitrogens is 4. The minimum atomic E-state index is 0.379. The number of halogens is 1. The van der Waals surface area contributed by atoms with Gasteiger partial charge in [0, 0.05) is 11.1 Å². The van der Waals surface area contributed by atoms with E-state index in [9.17, 15) is 0 Å². The van der Waals surface area contributed by atoms with Crippen molar-refractivity contribution in [3.05, 3.63) is 28.2 Å². The maximum atomic E-state index is 5.70. The van der Waals surface area contributed by atoms with Crippen molar-refractivity contribution in [2.75, 3.05) is 0 Å². The van der Waals surface area contributed by atoms with Crippen molar-refractivity contribution in [3.8, 4) is 0 Å². The van der Waals surface area contributed by atoms with Crippen LogP contribution in [-0.2, 0) is 12.4 Å². The Kier molecular flexibility index (Phi) is 2.79. The molecule has 0 saturated carbocycles. The van der Waals surface area contributed by atoms with Gasteiger partial charge in [-0.05, 0) is 6.92 Å². The summed E-state index contributed by atoms with van der Waals surface area (Å²) in [5, 5.41) is 10.8. The molecule has 0 aliphatic heterocycles. The van der Waals surface area contributed by atoms with Crippen LogP contribution in [0.3, 0.4) is 0 Å². The van der Waals surface area contributed by atoms with Crippen LogP contribution in [0.4, 0.5) is 0 Å². The first-order valence-corrected chi connectivity index (χ1v) is 5.54. The van der Waals surface area contributed by atoms with Gasteiger partial charge in [0.2, 0.25) is 0 Å². The zero-order chi connectivity index (χ0) is 9.97. The van der Waals surface area contributed by atoms with Crippen LogP contribution in [0.1, 0.15) is 16.5 Å². The van der Waals surface area contributed by atoms with Crippen LogP contribution >= 0.6 is 22.9 Å². The Morgan fingerprint density at radius 1 is 1.57 bits per heavy atom. The molecule has 0 aliphatic carbocycles. The minimum absolute atomic E-state index is 0.379. The summed E-state index contributed by atoms with van der Waals surface area (Å²) < 4.78 is 1.91. The molecule has 0 bridgehead atoms. The van der Waals surface area contributed by atoms with Crippen LogP contribution in [0.2, 0.25) is 0 Å². The molecule has 2 aromatic heterocycles. The van der Waals surface area contributed by atoms with Crippen molar-refractivity contribution in [2.24, 2.45) is 0 Å².